The number of aliphatic hydroxyl groups excluding tert-OH is 1. The van der Waals surface area contributed by atoms with Gasteiger partial charge in [-0.3, -0.25) is 4.90 Å². The Hall–Kier alpha value is -0.810. The van der Waals surface area contributed by atoms with Gasteiger partial charge in [0.2, 0.25) is 0 Å². The van der Waals surface area contributed by atoms with Crippen molar-refractivity contribution in [1.29, 1.82) is 0 Å². The first kappa shape index (κ1) is 20.5. The third-order valence-electron chi connectivity index (χ3n) is 7.61. The number of hydrogen-bond donors (Lipinski definition) is 1. The molecule has 0 spiro atoms. The van der Waals surface area contributed by atoms with Gasteiger partial charge < -0.3 is 14.7 Å². The lowest BCUT2D eigenvalue weighted by molar-refractivity contribution is -0.113. The zero-order chi connectivity index (χ0) is 19.9. The van der Waals surface area contributed by atoms with Crippen LogP contribution in [0.15, 0.2) is 24.3 Å². The molecule has 3 fully saturated rings. The van der Waals surface area contributed by atoms with Crippen molar-refractivity contribution in [2.75, 3.05) is 44.2 Å². The minimum absolute atomic E-state index is 0.231. The molecule has 4 nitrogen and oxygen atoms in total. The van der Waals surface area contributed by atoms with E-state index in [0.29, 0.717) is 18.6 Å². The molecule has 0 aromatic heterocycles. The van der Waals surface area contributed by atoms with Crippen LogP contribution in [-0.4, -0.2) is 61.5 Å². The second kappa shape index (κ2) is 7.79. The Kier molecular flexibility index (Phi) is 5.69. The highest BCUT2D eigenvalue weighted by Crippen LogP contribution is 2.63. The van der Waals surface area contributed by atoms with E-state index in [1.807, 2.05) is 18.2 Å². The van der Waals surface area contributed by atoms with Crippen LogP contribution < -0.4 is 4.90 Å². The van der Waals surface area contributed by atoms with Crippen molar-refractivity contribution < 1.29 is 9.84 Å². The fourth-order valence-electron chi connectivity index (χ4n) is 6.09. The monoisotopic (exact) mass is 406 g/mol. The molecule has 0 unspecified atom stereocenters. The number of aliphatic hydroxyl groups is 1. The minimum Gasteiger partial charge on any atom is -0.389 e. The van der Waals surface area contributed by atoms with E-state index in [9.17, 15) is 5.11 Å². The van der Waals surface area contributed by atoms with Gasteiger partial charge in [0.25, 0.3) is 0 Å². The third-order valence-corrected chi connectivity index (χ3v) is 7.84. The van der Waals surface area contributed by atoms with Gasteiger partial charge in [-0.15, -0.1) is 0 Å². The summed E-state index contributed by atoms with van der Waals surface area (Å²) in [5, 5.41) is 11.4. The maximum absolute atomic E-state index is 10.6. The van der Waals surface area contributed by atoms with Crippen molar-refractivity contribution in [3.63, 3.8) is 0 Å². The zero-order valence-electron chi connectivity index (χ0n) is 17.5. The quantitative estimate of drug-likeness (QED) is 0.772. The normalized spacial score (nSPS) is 33.4. The first-order chi connectivity index (χ1) is 13.3. The van der Waals surface area contributed by atoms with E-state index >= 15 is 0 Å². The number of β-amino-alcohol motifs (C(OH)–C–C–N with tert-alkyl or cyclic N) is 1. The van der Waals surface area contributed by atoms with Crippen molar-refractivity contribution in [3.05, 3.63) is 29.3 Å². The molecule has 1 aliphatic heterocycles. The van der Waals surface area contributed by atoms with Gasteiger partial charge in [-0.25, -0.2) is 0 Å². The fourth-order valence-corrected chi connectivity index (χ4v) is 6.28. The molecule has 4 atom stereocenters. The average Bonchev–Trinajstić information content (AvgIpc) is 3.13. The lowest BCUT2D eigenvalue weighted by Gasteiger charge is -2.43. The molecular weight excluding hydrogens is 372 g/mol. The Balaban J connectivity index is 1.24. The van der Waals surface area contributed by atoms with Crippen LogP contribution in [0.1, 0.15) is 40.0 Å². The predicted molar refractivity (Wildman–Crippen MR) is 115 cm³/mol. The predicted octanol–water partition coefficient (Wildman–Crippen LogP) is 4.05. The van der Waals surface area contributed by atoms with Gasteiger partial charge in [0.15, 0.2) is 0 Å². The molecule has 5 heteroatoms. The van der Waals surface area contributed by atoms with Gasteiger partial charge in [-0.2, -0.15) is 0 Å². The SMILES string of the molecule is CC1(C)[C@@H]2CC[C@@](C)(C2)[C@@H]1OC[C@H](O)CN1CCN(c2cccc(Cl)c2)CC1. The lowest BCUT2D eigenvalue weighted by Crippen LogP contribution is -2.50. The van der Waals surface area contributed by atoms with E-state index < -0.39 is 6.10 Å². The lowest BCUT2D eigenvalue weighted by atomic mass is 9.70. The summed E-state index contributed by atoms with van der Waals surface area (Å²) < 4.78 is 6.36. The third kappa shape index (κ3) is 3.94. The number of piperazine rings is 1. The van der Waals surface area contributed by atoms with E-state index in [4.69, 9.17) is 16.3 Å². The van der Waals surface area contributed by atoms with Crippen LogP contribution in [0.2, 0.25) is 5.02 Å². The van der Waals surface area contributed by atoms with E-state index in [1.54, 1.807) is 0 Å². The number of fused-ring (bicyclic) bond motifs is 2. The second-order valence-corrected chi connectivity index (χ2v) is 10.5. The summed E-state index contributed by atoms with van der Waals surface area (Å²) in [6.45, 7) is 12.1. The van der Waals surface area contributed by atoms with Crippen molar-refractivity contribution in [2.45, 2.75) is 52.2 Å². The molecule has 1 N–H and O–H groups in total. The maximum atomic E-state index is 10.6. The summed E-state index contributed by atoms with van der Waals surface area (Å²) in [7, 11) is 0. The Morgan fingerprint density at radius 1 is 1.21 bits per heavy atom. The van der Waals surface area contributed by atoms with Gasteiger partial charge in [-0.05, 0) is 54.2 Å². The summed E-state index contributed by atoms with van der Waals surface area (Å²) in [5.74, 6) is 0.777. The number of nitrogens with zero attached hydrogens (tertiary/aromatic N) is 2. The summed E-state index contributed by atoms with van der Waals surface area (Å²) in [5.41, 5.74) is 1.72. The molecule has 2 saturated carbocycles. The first-order valence-electron chi connectivity index (χ1n) is 10.8. The van der Waals surface area contributed by atoms with Gasteiger partial charge in [-0.1, -0.05) is 38.4 Å². The molecule has 156 valence electrons. The summed E-state index contributed by atoms with van der Waals surface area (Å²) in [6, 6.07) is 8.05. The van der Waals surface area contributed by atoms with Crippen LogP contribution in [0.5, 0.6) is 0 Å². The van der Waals surface area contributed by atoms with Crippen molar-refractivity contribution in [2.24, 2.45) is 16.7 Å². The topological polar surface area (TPSA) is 35.9 Å². The average molecular weight is 407 g/mol. The van der Waals surface area contributed by atoms with Crippen LogP contribution in [0.3, 0.4) is 0 Å². The number of ether oxygens (including phenoxy) is 1. The van der Waals surface area contributed by atoms with Gasteiger partial charge in [0.1, 0.15) is 0 Å². The van der Waals surface area contributed by atoms with E-state index in [-0.39, 0.29) is 11.5 Å². The smallest absolute Gasteiger partial charge is 0.0900 e. The molecule has 0 amide bonds. The van der Waals surface area contributed by atoms with E-state index in [1.165, 1.54) is 24.9 Å². The molecular formula is C23H35ClN2O2. The molecule has 0 radical (unpaired) electrons. The van der Waals surface area contributed by atoms with Crippen LogP contribution >= 0.6 is 11.6 Å². The number of anilines is 1. The Morgan fingerprint density at radius 3 is 2.61 bits per heavy atom. The van der Waals surface area contributed by atoms with E-state index in [0.717, 1.165) is 37.1 Å². The summed E-state index contributed by atoms with van der Waals surface area (Å²) in [4.78, 5) is 4.71. The van der Waals surface area contributed by atoms with Crippen LogP contribution in [0.4, 0.5) is 5.69 Å². The zero-order valence-corrected chi connectivity index (χ0v) is 18.3. The van der Waals surface area contributed by atoms with Crippen molar-refractivity contribution in [3.8, 4) is 0 Å². The largest absolute Gasteiger partial charge is 0.389 e. The molecule has 1 saturated heterocycles. The molecule has 1 aromatic rings. The Morgan fingerprint density at radius 2 is 1.96 bits per heavy atom. The maximum Gasteiger partial charge on any atom is 0.0900 e. The second-order valence-electron chi connectivity index (χ2n) is 10.0. The minimum atomic E-state index is -0.420. The van der Waals surface area contributed by atoms with Crippen LogP contribution in [0, 0.1) is 16.7 Å². The van der Waals surface area contributed by atoms with E-state index in [2.05, 4.69) is 36.6 Å². The number of hydrogen-bond acceptors (Lipinski definition) is 4. The molecule has 28 heavy (non-hydrogen) atoms. The highest BCUT2D eigenvalue weighted by Gasteiger charge is 2.60. The van der Waals surface area contributed by atoms with Crippen molar-refractivity contribution >= 4 is 17.3 Å². The molecule has 1 heterocycles. The summed E-state index contributed by atoms with van der Waals surface area (Å²) >= 11 is 6.12. The Bertz CT molecular complexity index is 684. The highest BCUT2D eigenvalue weighted by molar-refractivity contribution is 6.30. The highest BCUT2D eigenvalue weighted by atomic mass is 35.5. The molecule has 3 aliphatic rings. The molecule has 2 aliphatic carbocycles. The van der Waals surface area contributed by atoms with Gasteiger partial charge >= 0.3 is 0 Å². The molecule has 4 rings (SSSR count). The van der Waals surface area contributed by atoms with Crippen LogP contribution in [0.25, 0.3) is 0 Å². The number of rotatable bonds is 6. The standard InChI is InChI=1S/C23H35ClN2O2/c1-22(2)17-7-8-23(3,14-17)21(22)28-16-20(27)15-25-9-11-26(12-10-25)19-6-4-5-18(24)13-19/h4-6,13,17,20-21,27H,7-12,14-16H2,1-3H3/t17-,20-,21-,23+/m1/s1. The first-order valence-corrected chi connectivity index (χ1v) is 11.2. The summed E-state index contributed by atoms with van der Waals surface area (Å²) in [6.07, 6.45) is 3.74. The van der Waals surface area contributed by atoms with Crippen LogP contribution in [-0.2, 0) is 4.74 Å². The Labute approximate surface area is 174 Å². The van der Waals surface area contributed by atoms with Crippen molar-refractivity contribution in [1.82, 2.24) is 4.90 Å². The molecule has 1 aromatic carbocycles. The fraction of sp³-hybridized carbons (Fsp3) is 0.739. The number of benzene rings is 1. The van der Waals surface area contributed by atoms with Gasteiger partial charge in [0, 0.05) is 43.4 Å². The molecule has 2 bridgehead atoms. The number of halogens is 1. The van der Waals surface area contributed by atoms with Gasteiger partial charge in [0.05, 0.1) is 18.8 Å².